The molecule has 0 saturated carbocycles. The van der Waals surface area contributed by atoms with Crippen LogP contribution in [0.3, 0.4) is 0 Å². The molecule has 42 heavy (non-hydrogen) atoms. The van der Waals surface area contributed by atoms with Gasteiger partial charge in [0.15, 0.2) is 0 Å². The largest absolute Gasteiger partial charge is 0.480 e. The van der Waals surface area contributed by atoms with Gasteiger partial charge in [-0.1, -0.05) is 83.1 Å². The first-order chi connectivity index (χ1) is 20.3. The smallest absolute Gasteiger partial charge is 0.334 e. The zero-order valence-corrected chi connectivity index (χ0v) is 23.3. The van der Waals surface area contributed by atoms with Crippen LogP contribution in [-0.2, 0) is 19.3 Å². The molecule has 2 unspecified atom stereocenters. The average molecular weight is 571 g/mol. The van der Waals surface area contributed by atoms with Gasteiger partial charge in [-0.25, -0.2) is 9.59 Å². The van der Waals surface area contributed by atoms with E-state index < -0.39 is 11.9 Å². The van der Waals surface area contributed by atoms with Crippen molar-refractivity contribution in [2.75, 3.05) is 40.3 Å². The van der Waals surface area contributed by atoms with Crippen molar-refractivity contribution in [3.8, 4) is 22.8 Å². The van der Waals surface area contributed by atoms with Gasteiger partial charge >= 0.3 is 11.9 Å². The van der Waals surface area contributed by atoms with Crippen LogP contribution in [0.25, 0.3) is 33.9 Å². The summed E-state index contributed by atoms with van der Waals surface area (Å²) < 4.78 is 10.7. The highest BCUT2D eigenvalue weighted by atomic mass is 16.8. The Balaban J connectivity index is 1.07. The summed E-state index contributed by atoms with van der Waals surface area (Å²) in [5.41, 5.74) is 3.13. The quantitative estimate of drug-likeness (QED) is 0.249. The Kier molecular flexibility index (Phi) is 7.23. The van der Waals surface area contributed by atoms with Gasteiger partial charge in [0.1, 0.15) is 40.3 Å². The summed E-state index contributed by atoms with van der Waals surface area (Å²) in [6.07, 6.45) is 5.13. The molecule has 0 radical (unpaired) electrons. The Hall–Kier alpha value is -4.94. The van der Waals surface area contributed by atoms with Gasteiger partial charge in [0.2, 0.25) is 11.6 Å². The maximum absolute atomic E-state index is 12.9. The lowest BCUT2D eigenvalue weighted by atomic mass is 10.1. The average Bonchev–Trinajstić information content (AvgIpc) is 3.69. The number of likely N-dealkylation sites (N-methyl/N-ethyl adjacent to an activating group) is 2. The van der Waals surface area contributed by atoms with E-state index in [0.717, 1.165) is 22.3 Å². The van der Waals surface area contributed by atoms with Crippen LogP contribution in [0.4, 0.5) is 0 Å². The fourth-order valence-electron chi connectivity index (χ4n) is 5.09. The van der Waals surface area contributed by atoms with E-state index in [9.17, 15) is 9.59 Å². The van der Waals surface area contributed by atoms with Crippen LogP contribution >= 0.6 is 0 Å². The molecule has 4 aromatic rings. The second-order valence-electron chi connectivity index (χ2n) is 10.7. The molecule has 0 N–H and O–H groups in total. The van der Waals surface area contributed by atoms with Crippen LogP contribution in [-0.4, -0.2) is 81.8 Å². The van der Waals surface area contributed by atoms with Crippen LogP contribution in [0, 0.1) is 0 Å². The second kappa shape index (κ2) is 11.1. The topological polar surface area (TPSA) is 130 Å². The number of nitrogens with zero attached hydrogens (tertiary/aromatic N) is 6. The summed E-state index contributed by atoms with van der Waals surface area (Å²) in [5, 5.41) is 8.16. The fourth-order valence-corrected chi connectivity index (χ4v) is 5.09. The molecule has 4 heterocycles. The molecule has 214 valence electrons. The van der Waals surface area contributed by atoms with Crippen LogP contribution in [0.5, 0.6) is 0 Å². The molecule has 2 aliphatic heterocycles. The first-order valence-electron chi connectivity index (χ1n) is 13.6. The maximum atomic E-state index is 12.9. The molecule has 0 bridgehead atoms. The first kappa shape index (κ1) is 27.2. The summed E-state index contributed by atoms with van der Waals surface area (Å²) in [4.78, 5) is 46.2. The molecular weight excluding hydrogens is 540 g/mol. The molecule has 2 aliphatic rings. The van der Waals surface area contributed by atoms with Gasteiger partial charge in [-0.05, 0) is 0 Å². The first-order valence-corrected chi connectivity index (χ1v) is 13.6. The van der Waals surface area contributed by atoms with Gasteiger partial charge in [-0.15, -0.1) is 9.29 Å². The van der Waals surface area contributed by atoms with Gasteiger partial charge in [-0.2, -0.15) is 9.97 Å². The summed E-state index contributed by atoms with van der Waals surface area (Å²) in [5.74, 6) is -0.522. The minimum atomic E-state index is -1.08. The number of rotatable bonds is 6. The SMILES string of the molecule is C[N+]1(OC(=O)C(=O)O[N+]2(C)CCC=C(c3nc(-c4ccccc4)no3)C2)CCC=C(c2nc(-c3ccccc3)no2)C1. The molecule has 12 heteroatoms. The van der Waals surface area contributed by atoms with E-state index in [-0.39, 0.29) is 22.4 Å². The number of carbonyl (C=O) groups excluding carboxylic acids is 2. The van der Waals surface area contributed by atoms with Gasteiger partial charge in [0.25, 0.3) is 11.8 Å². The van der Waals surface area contributed by atoms with E-state index >= 15 is 0 Å². The molecule has 0 fully saturated rings. The van der Waals surface area contributed by atoms with Crippen molar-refractivity contribution < 1.29 is 37.6 Å². The highest BCUT2D eigenvalue weighted by Crippen LogP contribution is 2.28. The second-order valence-corrected chi connectivity index (χ2v) is 10.7. The minimum absolute atomic E-state index is 0.165. The Bertz CT molecular complexity index is 1540. The zero-order chi connectivity index (χ0) is 29.2. The molecule has 0 amide bonds. The normalized spacial score (nSPS) is 22.1. The molecule has 0 aliphatic carbocycles. The number of carbonyl (C=O) groups is 2. The summed E-state index contributed by atoms with van der Waals surface area (Å²) >= 11 is 0. The van der Waals surface area contributed by atoms with E-state index in [2.05, 4.69) is 20.3 Å². The highest BCUT2D eigenvalue weighted by molar-refractivity contribution is 6.29. The number of benzene rings is 2. The summed E-state index contributed by atoms with van der Waals surface area (Å²) in [6.45, 7) is 1.47. The monoisotopic (exact) mass is 570 g/mol. The number of quaternary nitrogens is 2. The molecule has 2 aromatic carbocycles. The van der Waals surface area contributed by atoms with Crippen LogP contribution in [0.2, 0.25) is 0 Å². The zero-order valence-electron chi connectivity index (χ0n) is 23.3. The standard InChI is InChI=1S/C30H30N6O6/c1-35(17-9-15-23(19-35)27-31-25(33-39-27)21-11-5-3-6-12-21)41-29(37)30(38)42-36(2)18-10-16-24(20-36)28-32-26(34-40-28)22-13-7-4-8-14-22/h3-8,11-16H,9-10,17-20H2,1-2H3/q+2. The Morgan fingerprint density at radius 3 is 1.48 bits per heavy atom. The third-order valence-corrected chi connectivity index (χ3v) is 7.23. The predicted molar refractivity (Wildman–Crippen MR) is 149 cm³/mol. The molecule has 0 saturated heterocycles. The lowest BCUT2D eigenvalue weighted by Crippen LogP contribution is -2.53. The lowest BCUT2D eigenvalue weighted by Gasteiger charge is -2.34. The molecule has 2 aromatic heterocycles. The summed E-state index contributed by atoms with van der Waals surface area (Å²) in [6, 6.07) is 19.0. The van der Waals surface area contributed by atoms with E-state index in [0.29, 0.717) is 49.4 Å². The Morgan fingerprint density at radius 1 is 0.667 bits per heavy atom. The van der Waals surface area contributed by atoms with Crippen LogP contribution in [0.15, 0.2) is 81.9 Å². The maximum Gasteiger partial charge on any atom is 0.480 e. The van der Waals surface area contributed by atoms with Crippen molar-refractivity contribution in [1.29, 1.82) is 0 Å². The molecule has 6 rings (SSSR count). The minimum Gasteiger partial charge on any atom is -0.334 e. The van der Waals surface area contributed by atoms with Crippen molar-refractivity contribution in [3.05, 3.63) is 84.6 Å². The van der Waals surface area contributed by atoms with E-state index in [4.69, 9.17) is 18.7 Å². The Morgan fingerprint density at radius 2 is 1.07 bits per heavy atom. The van der Waals surface area contributed by atoms with Crippen molar-refractivity contribution >= 4 is 23.1 Å². The molecule has 2 atom stereocenters. The molecule has 0 spiro atoms. The van der Waals surface area contributed by atoms with Crippen molar-refractivity contribution in [3.63, 3.8) is 0 Å². The highest BCUT2D eigenvalue weighted by Gasteiger charge is 2.41. The van der Waals surface area contributed by atoms with Crippen molar-refractivity contribution in [2.45, 2.75) is 12.8 Å². The number of hydrogen-bond acceptors (Lipinski definition) is 10. The van der Waals surface area contributed by atoms with E-state index in [1.165, 1.54) is 0 Å². The third-order valence-electron chi connectivity index (χ3n) is 7.23. The van der Waals surface area contributed by atoms with Gasteiger partial charge in [0.05, 0.1) is 11.1 Å². The molecule has 12 nitrogen and oxygen atoms in total. The number of hydrogen-bond donors (Lipinski definition) is 0. The Labute approximate surface area is 241 Å². The van der Waals surface area contributed by atoms with Crippen LogP contribution < -0.4 is 0 Å². The lowest BCUT2D eigenvalue weighted by molar-refractivity contribution is -1.07. The predicted octanol–water partition coefficient (Wildman–Crippen LogP) is 3.87. The van der Waals surface area contributed by atoms with Crippen molar-refractivity contribution in [1.82, 2.24) is 20.3 Å². The van der Waals surface area contributed by atoms with Crippen molar-refractivity contribution in [2.24, 2.45) is 0 Å². The fraction of sp³-hybridized carbons (Fsp3) is 0.267. The molecular formula is C30H30N6O6+2. The number of hydroxylamine groups is 6. The van der Waals surface area contributed by atoms with E-state index in [1.807, 2.05) is 72.8 Å². The van der Waals surface area contributed by atoms with E-state index in [1.54, 1.807) is 14.1 Å². The van der Waals surface area contributed by atoms with Gasteiger partial charge in [-0.3, -0.25) is 9.68 Å². The summed E-state index contributed by atoms with van der Waals surface area (Å²) in [7, 11) is 3.45. The van der Waals surface area contributed by atoms with Gasteiger partial charge < -0.3 is 9.05 Å². The number of aromatic nitrogens is 4. The third kappa shape index (κ3) is 5.90. The van der Waals surface area contributed by atoms with Crippen LogP contribution in [0.1, 0.15) is 24.6 Å². The van der Waals surface area contributed by atoms with Gasteiger partial charge in [0, 0.05) is 24.0 Å².